The van der Waals surface area contributed by atoms with E-state index in [2.05, 4.69) is 0 Å². The molecule has 1 heterocycles. The molecule has 0 aromatic carbocycles. The third-order valence-electron chi connectivity index (χ3n) is 2.39. The van der Waals surface area contributed by atoms with Crippen molar-refractivity contribution in [3.63, 3.8) is 0 Å². The molecule has 0 unspecified atom stereocenters. The first-order chi connectivity index (χ1) is 8.20. The predicted octanol–water partition coefficient (Wildman–Crippen LogP) is 1.90. The summed E-state index contributed by atoms with van der Waals surface area (Å²) in [5.41, 5.74) is 11.5. The lowest BCUT2D eigenvalue weighted by atomic mass is 9.84. The monoisotopic (exact) mass is 270 g/mol. The predicted molar refractivity (Wildman–Crippen MR) is 71.9 cm³/mol. The van der Waals surface area contributed by atoms with Crippen molar-refractivity contribution in [1.82, 2.24) is 0 Å². The summed E-state index contributed by atoms with van der Waals surface area (Å²) >= 11 is 1.05. The van der Waals surface area contributed by atoms with Gasteiger partial charge < -0.3 is 16.2 Å². The third kappa shape index (κ3) is 2.64. The highest BCUT2D eigenvalue weighted by Crippen LogP contribution is 2.39. The van der Waals surface area contributed by atoms with E-state index in [1.165, 1.54) is 0 Å². The Kier molecular flexibility index (Phi) is 4.01. The van der Waals surface area contributed by atoms with Crippen LogP contribution in [0.15, 0.2) is 0 Å². The molecule has 0 atom stereocenters. The second kappa shape index (κ2) is 4.97. The molecule has 0 aliphatic heterocycles. The van der Waals surface area contributed by atoms with Crippen molar-refractivity contribution in [2.75, 3.05) is 12.3 Å². The lowest BCUT2D eigenvalue weighted by Gasteiger charge is -2.20. The van der Waals surface area contributed by atoms with Crippen LogP contribution in [0.1, 0.15) is 53.3 Å². The lowest BCUT2D eigenvalue weighted by molar-refractivity contribution is 0.0529. The minimum Gasteiger partial charge on any atom is -0.462 e. The molecule has 0 aliphatic rings. The molecule has 6 heteroatoms. The van der Waals surface area contributed by atoms with Crippen LogP contribution in [0, 0.1) is 0 Å². The fraction of sp³-hybridized carbons (Fsp3) is 0.500. The average Bonchev–Trinajstić information content (AvgIpc) is 2.55. The van der Waals surface area contributed by atoms with E-state index in [0.29, 0.717) is 10.4 Å². The zero-order valence-electron chi connectivity index (χ0n) is 11.0. The maximum absolute atomic E-state index is 11.9. The Morgan fingerprint density at radius 3 is 2.28 bits per heavy atom. The smallest absolute Gasteiger partial charge is 0.348 e. The van der Waals surface area contributed by atoms with Crippen molar-refractivity contribution >= 4 is 28.2 Å². The van der Waals surface area contributed by atoms with Gasteiger partial charge in [0.15, 0.2) is 0 Å². The summed E-state index contributed by atoms with van der Waals surface area (Å²) < 4.78 is 4.98. The molecule has 5 nitrogen and oxygen atoms in total. The van der Waals surface area contributed by atoms with Crippen LogP contribution in [-0.4, -0.2) is 18.5 Å². The largest absolute Gasteiger partial charge is 0.462 e. The van der Waals surface area contributed by atoms with Crippen LogP contribution in [0.4, 0.5) is 5.00 Å². The number of rotatable bonds is 3. The number of hydrogen-bond acceptors (Lipinski definition) is 5. The van der Waals surface area contributed by atoms with E-state index in [0.717, 1.165) is 11.3 Å². The van der Waals surface area contributed by atoms with Crippen molar-refractivity contribution in [3.05, 3.63) is 16.0 Å². The first kappa shape index (κ1) is 14.5. The molecule has 18 heavy (non-hydrogen) atoms. The summed E-state index contributed by atoms with van der Waals surface area (Å²) in [6, 6.07) is 0. The Bertz CT molecular complexity index is 486. The van der Waals surface area contributed by atoms with E-state index < -0.39 is 17.3 Å². The Morgan fingerprint density at radius 1 is 1.33 bits per heavy atom. The number of nitrogen functional groups attached to an aromatic ring is 1. The van der Waals surface area contributed by atoms with Gasteiger partial charge in [0.25, 0.3) is 5.91 Å². The maximum atomic E-state index is 11.9. The van der Waals surface area contributed by atoms with E-state index in [9.17, 15) is 9.59 Å². The fourth-order valence-electron chi connectivity index (χ4n) is 1.75. The third-order valence-corrected chi connectivity index (χ3v) is 3.39. The van der Waals surface area contributed by atoms with Gasteiger partial charge in [-0.25, -0.2) is 4.79 Å². The molecule has 1 aromatic heterocycles. The molecule has 1 amide bonds. The number of carbonyl (C=O) groups excluding carboxylic acids is 2. The first-order valence-corrected chi connectivity index (χ1v) is 6.41. The molecule has 0 fully saturated rings. The molecule has 100 valence electrons. The van der Waals surface area contributed by atoms with Gasteiger partial charge in [0.05, 0.1) is 17.2 Å². The minimum absolute atomic E-state index is 0.232. The number of primary amides is 1. The standard InChI is InChI=1S/C12H18N2O3S/c1-5-17-11(16)8-7(12(2,3)4)6(9(13)15)10(14)18-8/h5,14H2,1-4H3,(H2,13,15). The zero-order valence-corrected chi connectivity index (χ0v) is 11.8. The average molecular weight is 270 g/mol. The number of ether oxygens (including phenoxy) is 1. The van der Waals surface area contributed by atoms with E-state index in [1.54, 1.807) is 6.92 Å². The number of amides is 1. The van der Waals surface area contributed by atoms with Crippen molar-refractivity contribution in [2.45, 2.75) is 33.1 Å². The summed E-state index contributed by atoms with van der Waals surface area (Å²) in [4.78, 5) is 23.7. The van der Waals surface area contributed by atoms with E-state index in [1.807, 2.05) is 20.8 Å². The van der Waals surface area contributed by atoms with Crippen molar-refractivity contribution in [3.8, 4) is 0 Å². The van der Waals surface area contributed by atoms with Gasteiger partial charge >= 0.3 is 5.97 Å². The Balaban J connectivity index is 3.49. The van der Waals surface area contributed by atoms with Crippen LogP contribution in [0.2, 0.25) is 0 Å². The fourth-order valence-corrected chi connectivity index (χ4v) is 2.93. The van der Waals surface area contributed by atoms with Gasteiger partial charge in [-0.05, 0) is 17.9 Å². The van der Waals surface area contributed by atoms with Crippen LogP contribution in [0.3, 0.4) is 0 Å². The Labute approximate surface area is 110 Å². The van der Waals surface area contributed by atoms with Gasteiger partial charge in [-0.1, -0.05) is 20.8 Å². The summed E-state index contributed by atoms with van der Waals surface area (Å²) in [5, 5.41) is 0.260. The number of carbonyl (C=O) groups is 2. The Morgan fingerprint density at radius 2 is 1.89 bits per heavy atom. The van der Waals surface area contributed by atoms with Gasteiger partial charge in [-0.3, -0.25) is 4.79 Å². The van der Waals surface area contributed by atoms with Crippen LogP contribution in [-0.2, 0) is 10.2 Å². The molecule has 0 saturated heterocycles. The molecular weight excluding hydrogens is 252 g/mol. The molecular formula is C12H18N2O3S. The Hall–Kier alpha value is -1.56. The topological polar surface area (TPSA) is 95.4 Å². The zero-order chi connectivity index (χ0) is 14.1. The van der Waals surface area contributed by atoms with Gasteiger partial charge in [0.2, 0.25) is 0 Å². The second-order valence-electron chi connectivity index (χ2n) is 4.88. The summed E-state index contributed by atoms with van der Waals surface area (Å²) in [6.45, 7) is 7.67. The highest BCUT2D eigenvalue weighted by atomic mass is 32.1. The second-order valence-corrected chi connectivity index (χ2v) is 5.93. The van der Waals surface area contributed by atoms with Crippen LogP contribution in [0.25, 0.3) is 0 Å². The van der Waals surface area contributed by atoms with E-state index in [-0.39, 0.29) is 17.2 Å². The SMILES string of the molecule is CCOC(=O)c1sc(N)c(C(N)=O)c1C(C)(C)C. The summed E-state index contributed by atoms with van der Waals surface area (Å²) in [6.07, 6.45) is 0. The summed E-state index contributed by atoms with van der Waals surface area (Å²) in [5.74, 6) is -1.09. The van der Waals surface area contributed by atoms with Gasteiger partial charge in [0.1, 0.15) is 4.88 Å². The number of hydrogen-bond donors (Lipinski definition) is 2. The molecule has 0 aliphatic carbocycles. The van der Waals surface area contributed by atoms with Crippen LogP contribution < -0.4 is 11.5 Å². The number of esters is 1. The molecule has 1 rings (SSSR count). The molecule has 1 aromatic rings. The highest BCUT2D eigenvalue weighted by molar-refractivity contribution is 7.18. The number of anilines is 1. The number of nitrogens with two attached hydrogens (primary N) is 2. The van der Waals surface area contributed by atoms with Gasteiger partial charge in [0, 0.05) is 0 Å². The summed E-state index contributed by atoms with van der Waals surface area (Å²) in [7, 11) is 0. The van der Waals surface area contributed by atoms with Crippen molar-refractivity contribution < 1.29 is 14.3 Å². The van der Waals surface area contributed by atoms with Gasteiger partial charge in [-0.2, -0.15) is 0 Å². The first-order valence-electron chi connectivity index (χ1n) is 5.59. The molecule has 0 radical (unpaired) electrons. The molecule has 0 spiro atoms. The normalized spacial score (nSPS) is 11.3. The highest BCUT2D eigenvalue weighted by Gasteiger charge is 2.32. The van der Waals surface area contributed by atoms with E-state index in [4.69, 9.17) is 16.2 Å². The van der Waals surface area contributed by atoms with Crippen LogP contribution in [0.5, 0.6) is 0 Å². The molecule has 4 N–H and O–H groups in total. The van der Waals surface area contributed by atoms with E-state index >= 15 is 0 Å². The molecule has 0 saturated carbocycles. The molecule has 0 bridgehead atoms. The quantitative estimate of drug-likeness (QED) is 0.820. The lowest BCUT2D eigenvalue weighted by Crippen LogP contribution is -2.23. The van der Waals surface area contributed by atoms with Gasteiger partial charge in [-0.15, -0.1) is 11.3 Å². The maximum Gasteiger partial charge on any atom is 0.348 e. The minimum atomic E-state index is -0.621. The van der Waals surface area contributed by atoms with Crippen molar-refractivity contribution in [2.24, 2.45) is 5.73 Å². The van der Waals surface area contributed by atoms with Crippen LogP contribution >= 0.6 is 11.3 Å². The van der Waals surface area contributed by atoms with Crippen molar-refractivity contribution in [1.29, 1.82) is 0 Å². The number of thiophene rings is 1.